The average Bonchev–Trinajstić information content (AvgIpc) is 2.80. The molecule has 0 aromatic heterocycles. The monoisotopic (exact) mass is 299 g/mol. The highest BCUT2D eigenvalue weighted by molar-refractivity contribution is 6.33. The van der Waals surface area contributed by atoms with Gasteiger partial charge in [0.25, 0.3) is 0 Å². The predicted molar refractivity (Wildman–Crippen MR) is 83.7 cm³/mol. The molecule has 1 aliphatic carbocycles. The number of hydrogen-bond donors (Lipinski definition) is 1. The quantitative estimate of drug-likeness (QED) is 0.769. The van der Waals surface area contributed by atoms with E-state index in [2.05, 4.69) is 13.8 Å². The molecule has 1 nitrogen and oxygen atoms in total. The van der Waals surface area contributed by atoms with Gasteiger partial charge in [0, 0.05) is 16.1 Å². The highest BCUT2D eigenvalue weighted by Crippen LogP contribution is 2.51. The summed E-state index contributed by atoms with van der Waals surface area (Å²) in [6, 6.07) is 5.61. The number of rotatable bonds is 4. The highest BCUT2D eigenvalue weighted by atomic mass is 35.5. The lowest BCUT2D eigenvalue weighted by Gasteiger charge is -2.37. The van der Waals surface area contributed by atoms with Crippen LogP contribution in [0.5, 0.6) is 0 Å². The van der Waals surface area contributed by atoms with Crippen LogP contribution in [0, 0.1) is 11.3 Å². The van der Waals surface area contributed by atoms with E-state index in [0.717, 1.165) is 17.0 Å². The zero-order valence-electron chi connectivity index (χ0n) is 11.8. The van der Waals surface area contributed by atoms with Crippen molar-refractivity contribution >= 4 is 23.2 Å². The number of halogens is 2. The van der Waals surface area contributed by atoms with Crippen LogP contribution in [0.3, 0.4) is 0 Å². The standard InChI is InChI=1S/C16H23Cl2N/c1-11(2)10-16(7-3-4-8-16)15(19)13-9-12(17)5-6-14(13)18/h5-6,9,11,15H,3-4,7-8,10,19H2,1-2H3. The second kappa shape index (κ2) is 6.03. The maximum atomic E-state index is 6.61. The van der Waals surface area contributed by atoms with Gasteiger partial charge in [-0.05, 0) is 54.4 Å². The molecule has 1 atom stereocenters. The SMILES string of the molecule is CC(C)CC1(C(N)c2cc(Cl)ccc2Cl)CCCC1. The Labute approximate surface area is 126 Å². The van der Waals surface area contributed by atoms with E-state index in [1.165, 1.54) is 25.7 Å². The summed E-state index contributed by atoms with van der Waals surface area (Å²) < 4.78 is 0. The normalized spacial score (nSPS) is 19.9. The third kappa shape index (κ3) is 3.26. The lowest BCUT2D eigenvalue weighted by Crippen LogP contribution is -2.33. The lowest BCUT2D eigenvalue weighted by atomic mass is 9.71. The molecule has 2 N–H and O–H groups in total. The molecule has 1 aliphatic rings. The summed E-state index contributed by atoms with van der Waals surface area (Å²) >= 11 is 12.4. The van der Waals surface area contributed by atoms with Gasteiger partial charge in [-0.15, -0.1) is 0 Å². The van der Waals surface area contributed by atoms with Gasteiger partial charge >= 0.3 is 0 Å². The fourth-order valence-electron chi connectivity index (χ4n) is 3.62. The van der Waals surface area contributed by atoms with Crippen LogP contribution in [0.4, 0.5) is 0 Å². The van der Waals surface area contributed by atoms with E-state index in [0.29, 0.717) is 10.9 Å². The van der Waals surface area contributed by atoms with Crippen LogP contribution in [0.15, 0.2) is 18.2 Å². The summed E-state index contributed by atoms with van der Waals surface area (Å²) in [7, 11) is 0. The van der Waals surface area contributed by atoms with Crippen LogP contribution in [0.1, 0.15) is 57.6 Å². The van der Waals surface area contributed by atoms with Crippen molar-refractivity contribution in [1.82, 2.24) is 0 Å². The molecular weight excluding hydrogens is 277 g/mol. The molecule has 2 rings (SSSR count). The van der Waals surface area contributed by atoms with Crippen molar-refractivity contribution in [3.8, 4) is 0 Å². The molecule has 1 fully saturated rings. The van der Waals surface area contributed by atoms with E-state index in [1.54, 1.807) is 0 Å². The van der Waals surface area contributed by atoms with Crippen molar-refractivity contribution in [3.63, 3.8) is 0 Å². The predicted octanol–water partition coefficient (Wildman–Crippen LogP) is 5.60. The van der Waals surface area contributed by atoms with Gasteiger partial charge in [0.15, 0.2) is 0 Å². The Morgan fingerprint density at radius 3 is 2.42 bits per heavy atom. The van der Waals surface area contributed by atoms with Crippen molar-refractivity contribution in [1.29, 1.82) is 0 Å². The van der Waals surface area contributed by atoms with Gasteiger partial charge in [0.05, 0.1) is 0 Å². The Kier molecular flexibility index (Phi) is 4.81. The summed E-state index contributed by atoms with van der Waals surface area (Å²) in [5.41, 5.74) is 7.82. The minimum atomic E-state index is -0.0106. The molecule has 1 aromatic carbocycles. The molecule has 3 heteroatoms. The first-order chi connectivity index (χ1) is 8.94. The summed E-state index contributed by atoms with van der Waals surface area (Å²) in [5, 5.41) is 1.46. The van der Waals surface area contributed by atoms with E-state index in [4.69, 9.17) is 28.9 Å². The zero-order valence-corrected chi connectivity index (χ0v) is 13.3. The summed E-state index contributed by atoms with van der Waals surface area (Å²) in [6.07, 6.45) is 6.12. The van der Waals surface area contributed by atoms with E-state index in [9.17, 15) is 0 Å². The molecule has 0 radical (unpaired) electrons. The highest BCUT2D eigenvalue weighted by Gasteiger charge is 2.41. The minimum Gasteiger partial charge on any atom is -0.323 e. The van der Waals surface area contributed by atoms with Crippen molar-refractivity contribution < 1.29 is 0 Å². The van der Waals surface area contributed by atoms with E-state index in [1.807, 2.05) is 18.2 Å². The number of nitrogens with two attached hydrogens (primary N) is 1. The topological polar surface area (TPSA) is 26.0 Å². The third-order valence-electron chi connectivity index (χ3n) is 4.37. The fourth-order valence-corrected chi connectivity index (χ4v) is 4.03. The first kappa shape index (κ1) is 15.2. The molecule has 1 aromatic rings. The Balaban J connectivity index is 2.33. The second-order valence-electron chi connectivity index (χ2n) is 6.31. The molecule has 1 unspecified atom stereocenters. The van der Waals surface area contributed by atoms with Crippen LogP contribution in [0.2, 0.25) is 10.0 Å². The molecule has 0 amide bonds. The molecule has 0 heterocycles. The first-order valence-corrected chi connectivity index (χ1v) is 7.91. The average molecular weight is 300 g/mol. The van der Waals surface area contributed by atoms with Gasteiger partial charge in [-0.3, -0.25) is 0 Å². The smallest absolute Gasteiger partial charge is 0.0454 e. The first-order valence-electron chi connectivity index (χ1n) is 7.15. The Hall–Kier alpha value is -0.240. The molecule has 19 heavy (non-hydrogen) atoms. The van der Waals surface area contributed by atoms with Crippen molar-refractivity contribution in [2.45, 2.75) is 52.0 Å². The zero-order chi connectivity index (χ0) is 14.0. The molecule has 0 aliphatic heterocycles. The largest absolute Gasteiger partial charge is 0.323 e. The Bertz CT molecular complexity index is 436. The Morgan fingerprint density at radius 2 is 1.84 bits per heavy atom. The van der Waals surface area contributed by atoms with Crippen LogP contribution in [-0.4, -0.2) is 0 Å². The van der Waals surface area contributed by atoms with Gasteiger partial charge < -0.3 is 5.73 Å². The second-order valence-corrected chi connectivity index (χ2v) is 7.15. The Morgan fingerprint density at radius 1 is 1.21 bits per heavy atom. The summed E-state index contributed by atoms with van der Waals surface area (Å²) in [5.74, 6) is 0.655. The molecule has 0 bridgehead atoms. The number of hydrogen-bond acceptors (Lipinski definition) is 1. The van der Waals surface area contributed by atoms with Crippen molar-refractivity contribution in [2.24, 2.45) is 17.1 Å². The molecular formula is C16H23Cl2N. The summed E-state index contributed by atoms with van der Waals surface area (Å²) in [6.45, 7) is 4.54. The summed E-state index contributed by atoms with van der Waals surface area (Å²) in [4.78, 5) is 0. The molecule has 0 spiro atoms. The van der Waals surface area contributed by atoms with Gasteiger partial charge in [0.2, 0.25) is 0 Å². The van der Waals surface area contributed by atoms with Crippen LogP contribution < -0.4 is 5.73 Å². The van der Waals surface area contributed by atoms with Crippen LogP contribution in [-0.2, 0) is 0 Å². The minimum absolute atomic E-state index is 0.0106. The lowest BCUT2D eigenvalue weighted by molar-refractivity contribution is 0.183. The molecule has 0 saturated heterocycles. The van der Waals surface area contributed by atoms with Crippen LogP contribution in [0.25, 0.3) is 0 Å². The van der Waals surface area contributed by atoms with Gasteiger partial charge in [-0.2, -0.15) is 0 Å². The van der Waals surface area contributed by atoms with Gasteiger partial charge in [0.1, 0.15) is 0 Å². The maximum absolute atomic E-state index is 6.61. The van der Waals surface area contributed by atoms with Crippen LogP contribution >= 0.6 is 23.2 Å². The van der Waals surface area contributed by atoms with Gasteiger partial charge in [-0.25, -0.2) is 0 Å². The molecule has 1 saturated carbocycles. The van der Waals surface area contributed by atoms with Gasteiger partial charge in [-0.1, -0.05) is 49.9 Å². The van der Waals surface area contributed by atoms with E-state index >= 15 is 0 Å². The van der Waals surface area contributed by atoms with Crippen molar-refractivity contribution in [3.05, 3.63) is 33.8 Å². The number of benzene rings is 1. The van der Waals surface area contributed by atoms with E-state index in [-0.39, 0.29) is 11.5 Å². The fraction of sp³-hybridized carbons (Fsp3) is 0.625. The van der Waals surface area contributed by atoms with Crippen molar-refractivity contribution in [2.75, 3.05) is 0 Å². The van der Waals surface area contributed by atoms with E-state index < -0.39 is 0 Å². The molecule has 106 valence electrons. The maximum Gasteiger partial charge on any atom is 0.0454 e. The third-order valence-corrected chi connectivity index (χ3v) is 4.95.